The number of aryl methyl sites for hydroxylation is 2. The van der Waals surface area contributed by atoms with Crippen LogP contribution in [0.1, 0.15) is 28.7 Å². The predicted molar refractivity (Wildman–Crippen MR) is 88.0 cm³/mol. The molecule has 0 aliphatic rings. The zero-order valence-electron chi connectivity index (χ0n) is 10.3. The lowest BCUT2D eigenvalue weighted by atomic mass is 10.1. The van der Waals surface area contributed by atoms with E-state index in [1.165, 1.54) is 11.3 Å². The summed E-state index contributed by atoms with van der Waals surface area (Å²) in [5.74, 6) is 0.0835. The van der Waals surface area contributed by atoms with Crippen molar-refractivity contribution in [3.05, 3.63) is 35.1 Å². The molecule has 0 bridgehead atoms. The van der Waals surface area contributed by atoms with Gasteiger partial charge >= 0.3 is 0 Å². The van der Waals surface area contributed by atoms with Crippen LogP contribution in [0.4, 0.5) is 0 Å². The Morgan fingerprint density at radius 3 is 2.58 bits per heavy atom. The Kier molecular flexibility index (Phi) is 5.03. The Morgan fingerprint density at radius 2 is 2.11 bits per heavy atom. The van der Waals surface area contributed by atoms with Crippen molar-refractivity contribution in [1.82, 2.24) is 9.78 Å². The molecule has 0 saturated heterocycles. The maximum absolute atomic E-state index is 12.3. The van der Waals surface area contributed by atoms with Gasteiger partial charge in [0.15, 0.2) is 5.78 Å². The molecule has 0 aliphatic carbocycles. The van der Waals surface area contributed by atoms with Gasteiger partial charge in [-0.25, -0.2) is 0 Å². The van der Waals surface area contributed by atoms with Crippen LogP contribution in [0, 0.1) is 0 Å². The highest BCUT2D eigenvalue weighted by Gasteiger charge is 2.19. The van der Waals surface area contributed by atoms with E-state index in [1.54, 1.807) is 4.68 Å². The van der Waals surface area contributed by atoms with Gasteiger partial charge in [0.1, 0.15) is 0 Å². The van der Waals surface area contributed by atoms with Crippen LogP contribution in [0.3, 0.4) is 0 Å². The number of nitrogens with zero attached hydrogens (tertiary/aromatic N) is 2. The fourth-order valence-corrected chi connectivity index (χ4v) is 5.40. The number of Topliss-reactive ketones (excluding diaryl/α,β-unsaturated/α-hetero) is 1. The van der Waals surface area contributed by atoms with Crippen LogP contribution in [0.25, 0.3) is 0 Å². The third-order valence-corrected chi connectivity index (χ3v) is 6.04. The molecular formula is C12H11Br3N2OS. The molecule has 2 rings (SSSR count). The normalized spacial score (nSPS) is 11.0. The van der Waals surface area contributed by atoms with Crippen molar-refractivity contribution >= 4 is 64.9 Å². The largest absolute Gasteiger partial charge is 0.294 e. The number of thiophene rings is 1. The number of hydrogen-bond donors (Lipinski definition) is 0. The molecule has 2 heterocycles. The molecule has 0 aromatic carbocycles. The Balaban J connectivity index is 2.29. The molecule has 0 atom stereocenters. The molecule has 2 aromatic heterocycles. The highest BCUT2D eigenvalue weighted by molar-refractivity contribution is 9.12. The van der Waals surface area contributed by atoms with Crippen LogP contribution < -0.4 is 0 Å². The number of halogens is 3. The van der Waals surface area contributed by atoms with Crippen molar-refractivity contribution in [1.29, 1.82) is 0 Å². The number of rotatable bonds is 4. The summed E-state index contributed by atoms with van der Waals surface area (Å²) in [7, 11) is 1.87. The summed E-state index contributed by atoms with van der Waals surface area (Å²) in [5.41, 5.74) is 2.61. The number of ketones is 1. The van der Waals surface area contributed by atoms with Crippen LogP contribution >= 0.6 is 59.1 Å². The average molecular weight is 471 g/mol. The summed E-state index contributed by atoms with van der Waals surface area (Å²) in [6.45, 7) is 2.05. The summed E-state index contributed by atoms with van der Waals surface area (Å²) in [6, 6.07) is 1.85. The molecule has 0 N–H and O–H groups in total. The third-order valence-electron chi connectivity index (χ3n) is 2.79. The fourth-order valence-electron chi connectivity index (χ4n) is 1.79. The molecule has 0 aliphatic heterocycles. The molecule has 0 radical (unpaired) electrons. The van der Waals surface area contributed by atoms with Gasteiger partial charge in [0, 0.05) is 12.6 Å². The van der Waals surface area contributed by atoms with Gasteiger partial charge in [0.25, 0.3) is 0 Å². The van der Waals surface area contributed by atoms with Gasteiger partial charge in [-0.05, 0) is 60.3 Å². The summed E-state index contributed by atoms with van der Waals surface area (Å²) in [6.07, 6.45) is 1.18. The van der Waals surface area contributed by atoms with Gasteiger partial charge in [0.2, 0.25) is 0 Å². The molecule has 0 saturated carbocycles. The van der Waals surface area contributed by atoms with E-state index >= 15 is 0 Å². The quantitative estimate of drug-likeness (QED) is 0.604. The lowest BCUT2D eigenvalue weighted by Crippen LogP contribution is -2.08. The number of hydrogen-bond acceptors (Lipinski definition) is 3. The van der Waals surface area contributed by atoms with Gasteiger partial charge in [-0.1, -0.05) is 6.92 Å². The minimum Gasteiger partial charge on any atom is -0.294 e. The van der Waals surface area contributed by atoms with Crippen molar-refractivity contribution in [2.24, 2.45) is 7.05 Å². The van der Waals surface area contributed by atoms with E-state index in [0.29, 0.717) is 12.0 Å². The van der Waals surface area contributed by atoms with Gasteiger partial charge < -0.3 is 0 Å². The topological polar surface area (TPSA) is 34.9 Å². The van der Waals surface area contributed by atoms with Gasteiger partial charge in [0.05, 0.1) is 29.9 Å². The first-order valence-electron chi connectivity index (χ1n) is 5.62. The van der Waals surface area contributed by atoms with Crippen LogP contribution in [0.5, 0.6) is 0 Å². The van der Waals surface area contributed by atoms with Crippen LogP contribution in [0.15, 0.2) is 18.1 Å². The third kappa shape index (κ3) is 3.20. The Hall–Kier alpha value is 0.0200. The molecule has 3 nitrogen and oxygen atoms in total. The Labute approximate surface area is 140 Å². The van der Waals surface area contributed by atoms with Crippen molar-refractivity contribution in [2.75, 3.05) is 0 Å². The lowest BCUT2D eigenvalue weighted by Gasteiger charge is -2.02. The zero-order chi connectivity index (χ0) is 14.2. The van der Waals surface area contributed by atoms with E-state index in [2.05, 4.69) is 52.9 Å². The van der Waals surface area contributed by atoms with E-state index < -0.39 is 0 Å². The first kappa shape index (κ1) is 15.4. The summed E-state index contributed by atoms with van der Waals surface area (Å²) >= 11 is 11.8. The summed E-state index contributed by atoms with van der Waals surface area (Å²) < 4.78 is 4.52. The molecule has 0 unspecified atom stereocenters. The maximum atomic E-state index is 12.3. The minimum atomic E-state index is 0.0835. The van der Waals surface area contributed by atoms with Crippen molar-refractivity contribution in [3.8, 4) is 0 Å². The van der Waals surface area contributed by atoms with E-state index in [4.69, 9.17) is 0 Å². The van der Waals surface area contributed by atoms with E-state index in [0.717, 1.165) is 29.9 Å². The molecule has 19 heavy (non-hydrogen) atoms. The van der Waals surface area contributed by atoms with Crippen LogP contribution in [0.2, 0.25) is 0 Å². The SMILES string of the molecule is CCc1nn(C)c(CC(=O)c2cc(Br)sc2Br)c1Br. The average Bonchev–Trinajstić information content (AvgIpc) is 2.82. The second-order valence-electron chi connectivity index (χ2n) is 4.02. The maximum Gasteiger partial charge on any atom is 0.170 e. The van der Waals surface area contributed by atoms with E-state index in [9.17, 15) is 4.79 Å². The number of carbonyl (C=O) groups is 1. The van der Waals surface area contributed by atoms with Gasteiger partial charge in [-0.15, -0.1) is 11.3 Å². The Morgan fingerprint density at radius 1 is 1.42 bits per heavy atom. The predicted octanol–water partition coefficient (Wildman–Crippen LogP) is 4.76. The second-order valence-corrected chi connectivity index (χ2v) is 8.56. The fraction of sp³-hybridized carbons (Fsp3) is 0.333. The standard InChI is InChI=1S/C12H11Br3N2OS/c1-3-7-11(14)8(17(2)16-7)5-9(18)6-4-10(13)19-12(6)15/h4H,3,5H2,1-2H3. The molecule has 0 fully saturated rings. The molecular weight excluding hydrogens is 460 g/mol. The second kappa shape index (κ2) is 6.20. The summed E-state index contributed by atoms with van der Waals surface area (Å²) in [4.78, 5) is 12.3. The van der Waals surface area contributed by atoms with Crippen molar-refractivity contribution in [2.45, 2.75) is 19.8 Å². The summed E-state index contributed by atoms with van der Waals surface area (Å²) in [5, 5.41) is 4.40. The molecule has 0 amide bonds. The van der Waals surface area contributed by atoms with E-state index in [-0.39, 0.29) is 5.78 Å². The molecule has 102 valence electrons. The minimum absolute atomic E-state index is 0.0835. The first-order chi connectivity index (χ1) is 8.93. The van der Waals surface area contributed by atoms with E-state index in [1.807, 2.05) is 20.0 Å². The monoisotopic (exact) mass is 468 g/mol. The zero-order valence-corrected chi connectivity index (χ0v) is 15.9. The van der Waals surface area contributed by atoms with Crippen molar-refractivity contribution < 1.29 is 4.79 Å². The molecule has 7 heteroatoms. The Bertz CT molecular complexity index is 633. The van der Waals surface area contributed by atoms with Gasteiger partial charge in [-0.2, -0.15) is 5.10 Å². The van der Waals surface area contributed by atoms with Crippen LogP contribution in [-0.4, -0.2) is 15.6 Å². The number of carbonyl (C=O) groups excluding carboxylic acids is 1. The molecule has 2 aromatic rings. The highest BCUT2D eigenvalue weighted by Crippen LogP contribution is 2.33. The molecule has 0 spiro atoms. The van der Waals surface area contributed by atoms with Gasteiger partial charge in [-0.3, -0.25) is 9.48 Å². The highest BCUT2D eigenvalue weighted by atomic mass is 79.9. The smallest absolute Gasteiger partial charge is 0.170 e. The number of aromatic nitrogens is 2. The lowest BCUT2D eigenvalue weighted by molar-refractivity contribution is 0.0990. The van der Waals surface area contributed by atoms with Crippen LogP contribution in [-0.2, 0) is 19.9 Å². The van der Waals surface area contributed by atoms with Crippen molar-refractivity contribution in [3.63, 3.8) is 0 Å². The first-order valence-corrected chi connectivity index (χ1v) is 8.81.